The van der Waals surface area contributed by atoms with E-state index in [9.17, 15) is 9.90 Å². The Kier molecular flexibility index (Phi) is 7.83. The van der Waals surface area contributed by atoms with Gasteiger partial charge in [-0.2, -0.15) is 0 Å². The van der Waals surface area contributed by atoms with E-state index in [0.717, 1.165) is 6.42 Å². The van der Waals surface area contributed by atoms with E-state index in [1.54, 1.807) is 7.11 Å². The van der Waals surface area contributed by atoms with Gasteiger partial charge < -0.3 is 14.6 Å². The van der Waals surface area contributed by atoms with Crippen molar-refractivity contribution < 1.29 is 19.4 Å². The minimum atomic E-state index is -0.565. The predicted octanol–water partition coefficient (Wildman–Crippen LogP) is 3.11. The monoisotopic (exact) mass is 310 g/mol. The van der Waals surface area contributed by atoms with Crippen LogP contribution >= 0.6 is 0 Å². The van der Waals surface area contributed by atoms with Gasteiger partial charge in [0.1, 0.15) is 6.10 Å². The second kappa shape index (κ2) is 9.11. The number of methoxy groups -OCH3 is 1. The van der Waals surface area contributed by atoms with E-state index >= 15 is 0 Å². The molecule has 4 nitrogen and oxygen atoms in total. The van der Waals surface area contributed by atoms with Gasteiger partial charge in [-0.15, -0.1) is 0 Å². The largest absolute Gasteiger partial charge is 0.459 e. The van der Waals surface area contributed by atoms with E-state index in [1.165, 1.54) is 6.08 Å². The van der Waals surface area contributed by atoms with Crippen LogP contribution in [0.1, 0.15) is 40.5 Å². The van der Waals surface area contributed by atoms with Crippen LogP contribution in [0.5, 0.6) is 0 Å². The van der Waals surface area contributed by atoms with E-state index in [1.807, 2.05) is 32.9 Å². The maximum atomic E-state index is 11.4. The Morgan fingerprint density at radius 1 is 1.45 bits per heavy atom. The number of hydrogen-bond donors (Lipinski definition) is 1. The number of carbonyl (C=O) groups excluding carboxylic acids is 1. The number of allylic oxidation sites excluding steroid dienone is 2. The highest BCUT2D eigenvalue weighted by Gasteiger charge is 2.33. The molecule has 0 fully saturated rings. The quantitative estimate of drug-likeness (QED) is 0.553. The third-order valence-electron chi connectivity index (χ3n) is 4.57. The minimum absolute atomic E-state index is 0.0259. The molecular formula is C18H30O4. The Morgan fingerprint density at radius 3 is 2.73 bits per heavy atom. The lowest BCUT2D eigenvalue weighted by atomic mass is 9.84. The van der Waals surface area contributed by atoms with Gasteiger partial charge in [0.2, 0.25) is 0 Å². The summed E-state index contributed by atoms with van der Waals surface area (Å²) in [6, 6.07) is 0. The first-order chi connectivity index (χ1) is 10.4. The normalized spacial score (nSPS) is 27.5. The summed E-state index contributed by atoms with van der Waals surface area (Å²) in [6.45, 7) is 8.12. The van der Waals surface area contributed by atoms with Crippen LogP contribution < -0.4 is 0 Å². The van der Waals surface area contributed by atoms with Gasteiger partial charge in [-0.25, -0.2) is 4.79 Å². The van der Waals surface area contributed by atoms with Crippen LogP contribution in [0, 0.1) is 17.8 Å². The number of hydrogen-bond acceptors (Lipinski definition) is 4. The van der Waals surface area contributed by atoms with Crippen LogP contribution in [-0.2, 0) is 14.3 Å². The van der Waals surface area contributed by atoms with Crippen molar-refractivity contribution in [3.05, 3.63) is 24.3 Å². The van der Waals surface area contributed by atoms with Crippen molar-refractivity contribution in [1.82, 2.24) is 0 Å². The lowest BCUT2D eigenvalue weighted by Crippen LogP contribution is -2.39. The molecule has 1 rings (SSSR count). The van der Waals surface area contributed by atoms with Gasteiger partial charge in [-0.3, -0.25) is 0 Å². The maximum Gasteiger partial charge on any atom is 0.330 e. The molecule has 0 saturated carbocycles. The van der Waals surface area contributed by atoms with Crippen LogP contribution in [0.2, 0.25) is 0 Å². The molecule has 6 atom stereocenters. The summed E-state index contributed by atoms with van der Waals surface area (Å²) in [5.41, 5.74) is 0. The number of carbonyl (C=O) groups is 1. The molecule has 1 N–H and O–H groups in total. The second-order valence-corrected chi connectivity index (χ2v) is 6.34. The second-order valence-electron chi connectivity index (χ2n) is 6.34. The van der Waals surface area contributed by atoms with E-state index < -0.39 is 6.10 Å². The van der Waals surface area contributed by atoms with Crippen molar-refractivity contribution in [2.45, 2.75) is 58.8 Å². The van der Waals surface area contributed by atoms with Gasteiger partial charge in [0, 0.05) is 31.4 Å². The van der Waals surface area contributed by atoms with Crippen LogP contribution in [0.15, 0.2) is 24.3 Å². The lowest BCUT2D eigenvalue weighted by Gasteiger charge is -2.34. The topological polar surface area (TPSA) is 55.8 Å². The molecule has 0 aromatic rings. The molecule has 1 aliphatic heterocycles. The Hall–Kier alpha value is -1.13. The van der Waals surface area contributed by atoms with Crippen molar-refractivity contribution in [2.24, 2.45) is 17.8 Å². The third-order valence-corrected chi connectivity index (χ3v) is 4.57. The van der Waals surface area contributed by atoms with Gasteiger partial charge in [-0.1, -0.05) is 39.0 Å². The average Bonchev–Trinajstić information content (AvgIpc) is 2.49. The predicted molar refractivity (Wildman–Crippen MR) is 87.4 cm³/mol. The maximum absolute atomic E-state index is 11.4. The fourth-order valence-electron chi connectivity index (χ4n) is 3.03. The number of cyclic esters (lactones) is 1. The van der Waals surface area contributed by atoms with Gasteiger partial charge in [0.25, 0.3) is 0 Å². The molecule has 22 heavy (non-hydrogen) atoms. The minimum Gasteiger partial charge on any atom is -0.459 e. The fourth-order valence-corrected chi connectivity index (χ4v) is 3.03. The number of ether oxygens (including phenoxy) is 2. The van der Waals surface area contributed by atoms with Crippen LogP contribution in [-0.4, -0.2) is 36.5 Å². The Labute approximate surface area is 134 Å². The van der Waals surface area contributed by atoms with E-state index in [2.05, 4.69) is 13.0 Å². The van der Waals surface area contributed by atoms with E-state index in [-0.39, 0.29) is 30.0 Å². The van der Waals surface area contributed by atoms with E-state index in [0.29, 0.717) is 12.3 Å². The van der Waals surface area contributed by atoms with Crippen LogP contribution in [0.4, 0.5) is 0 Å². The smallest absolute Gasteiger partial charge is 0.330 e. The molecule has 0 aromatic heterocycles. The zero-order valence-corrected chi connectivity index (χ0v) is 14.4. The van der Waals surface area contributed by atoms with Crippen LogP contribution in [0.25, 0.3) is 0 Å². The molecule has 0 amide bonds. The Balaban J connectivity index is 2.63. The summed E-state index contributed by atoms with van der Waals surface area (Å²) < 4.78 is 10.9. The number of esters is 1. The van der Waals surface area contributed by atoms with Gasteiger partial charge in [-0.05, 0) is 19.3 Å². The van der Waals surface area contributed by atoms with Gasteiger partial charge in [0.05, 0.1) is 12.2 Å². The van der Waals surface area contributed by atoms with E-state index in [4.69, 9.17) is 9.47 Å². The highest BCUT2D eigenvalue weighted by molar-refractivity contribution is 5.82. The molecule has 0 aliphatic carbocycles. The summed E-state index contributed by atoms with van der Waals surface area (Å²) in [5.74, 6) is 0.0906. The number of aliphatic hydroxyl groups excluding tert-OH is 1. The average molecular weight is 310 g/mol. The molecule has 0 spiro atoms. The first-order valence-corrected chi connectivity index (χ1v) is 8.11. The Morgan fingerprint density at radius 2 is 2.14 bits per heavy atom. The standard InChI is InChI=1S/C18H30O4/c1-6-7-8-13(3)18(21-5)14(4)15(19)11-16-12(2)9-10-17(20)22-16/h6-7,9-10,12-16,18-19H,8,11H2,1-5H3/b7-6+/t12-,13+,14+,15-,16?,18-/m1/s1. The molecule has 1 unspecified atom stereocenters. The molecule has 0 bridgehead atoms. The molecule has 0 saturated heterocycles. The fraction of sp³-hybridized carbons (Fsp3) is 0.722. The molecule has 126 valence electrons. The first kappa shape index (κ1) is 18.9. The molecule has 0 aromatic carbocycles. The summed E-state index contributed by atoms with van der Waals surface area (Å²) in [7, 11) is 1.69. The molecule has 0 radical (unpaired) electrons. The molecular weight excluding hydrogens is 280 g/mol. The van der Waals surface area contributed by atoms with Gasteiger partial charge in [0.15, 0.2) is 0 Å². The lowest BCUT2D eigenvalue weighted by molar-refractivity contribution is -0.149. The zero-order chi connectivity index (χ0) is 16.7. The number of aliphatic hydroxyl groups is 1. The van der Waals surface area contributed by atoms with Crippen molar-refractivity contribution in [3.8, 4) is 0 Å². The summed E-state index contributed by atoms with van der Waals surface area (Å²) in [5, 5.41) is 10.5. The summed E-state index contributed by atoms with van der Waals surface area (Å²) in [6.07, 6.45) is 7.94. The van der Waals surface area contributed by atoms with Crippen molar-refractivity contribution in [3.63, 3.8) is 0 Å². The number of rotatable bonds is 8. The molecule has 4 heteroatoms. The third kappa shape index (κ3) is 5.25. The van der Waals surface area contributed by atoms with Crippen molar-refractivity contribution in [2.75, 3.05) is 7.11 Å². The molecule has 1 aliphatic rings. The van der Waals surface area contributed by atoms with Crippen LogP contribution in [0.3, 0.4) is 0 Å². The van der Waals surface area contributed by atoms with Crippen molar-refractivity contribution in [1.29, 1.82) is 0 Å². The van der Waals surface area contributed by atoms with Gasteiger partial charge >= 0.3 is 5.97 Å². The van der Waals surface area contributed by atoms with Crippen molar-refractivity contribution >= 4 is 5.97 Å². The first-order valence-electron chi connectivity index (χ1n) is 8.11. The highest BCUT2D eigenvalue weighted by Crippen LogP contribution is 2.27. The SMILES string of the molecule is C/C=C/C[C@H](C)[C@@H](OC)[C@@H](C)[C@H](O)CC1OC(=O)C=C[C@H]1C. The zero-order valence-electron chi connectivity index (χ0n) is 14.4. The highest BCUT2D eigenvalue weighted by atomic mass is 16.5. The Bertz CT molecular complexity index is 402. The summed E-state index contributed by atoms with van der Waals surface area (Å²) >= 11 is 0. The molecule has 1 heterocycles. The summed E-state index contributed by atoms with van der Waals surface area (Å²) in [4.78, 5) is 11.4.